The average Bonchev–Trinajstić information content (AvgIpc) is 2.58. The van der Waals surface area contributed by atoms with Crippen molar-refractivity contribution in [3.63, 3.8) is 0 Å². The van der Waals surface area contributed by atoms with Gasteiger partial charge in [0.25, 0.3) is 0 Å². The maximum absolute atomic E-state index is 11.3. The molecule has 1 amide bonds. The number of likely N-dealkylation sites (N-methyl/N-ethyl adjacent to an activating group) is 1. The number of thioether (sulfide) groups is 1. The first kappa shape index (κ1) is 10.8. The molecule has 15 heavy (non-hydrogen) atoms. The van der Waals surface area contributed by atoms with Gasteiger partial charge in [0.05, 0.1) is 6.04 Å². The zero-order valence-corrected chi connectivity index (χ0v) is 10.0. The largest absolute Gasteiger partial charge is 0.362 e. The highest BCUT2D eigenvalue weighted by molar-refractivity contribution is 8.14. The Labute approximate surface area is 94.5 Å². The Bertz CT molecular complexity index is 292. The molecule has 0 radical (unpaired) electrons. The van der Waals surface area contributed by atoms with Gasteiger partial charge >= 0.3 is 0 Å². The van der Waals surface area contributed by atoms with Gasteiger partial charge in [-0.25, -0.2) is 0 Å². The summed E-state index contributed by atoms with van der Waals surface area (Å²) in [4.78, 5) is 17.7. The van der Waals surface area contributed by atoms with E-state index in [9.17, 15) is 4.79 Å². The molecule has 0 aromatic carbocycles. The van der Waals surface area contributed by atoms with E-state index >= 15 is 0 Å². The quantitative estimate of drug-likeness (QED) is 0.717. The summed E-state index contributed by atoms with van der Waals surface area (Å²) in [5, 5.41) is 4.39. The van der Waals surface area contributed by atoms with Gasteiger partial charge in [-0.05, 0) is 13.3 Å². The molecular weight excluding hydrogens is 210 g/mol. The molecule has 2 fully saturated rings. The molecule has 0 aliphatic carbocycles. The maximum Gasteiger partial charge on any atom is 0.222 e. The number of rotatable bonds is 1. The Balaban J connectivity index is 1.92. The smallest absolute Gasteiger partial charge is 0.222 e. The Morgan fingerprint density at radius 2 is 2.40 bits per heavy atom. The minimum Gasteiger partial charge on any atom is -0.362 e. The van der Waals surface area contributed by atoms with E-state index in [-0.39, 0.29) is 11.9 Å². The van der Waals surface area contributed by atoms with Gasteiger partial charge in [-0.3, -0.25) is 9.79 Å². The Kier molecular flexibility index (Phi) is 3.19. The number of hydrogen-bond acceptors (Lipinski definition) is 3. The fraction of sp³-hybridized carbons (Fsp3) is 0.800. The van der Waals surface area contributed by atoms with Gasteiger partial charge in [0.2, 0.25) is 5.91 Å². The molecular formula is C10H17N3OS. The van der Waals surface area contributed by atoms with Crippen LogP contribution in [0, 0.1) is 0 Å². The van der Waals surface area contributed by atoms with Crippen LogP contribution in [-0.2, 0) is 4.79 Å². The van der Waals surface area contributed by atoms with Gasteiger partial charge in [0.15, 0.2) is 5.17 Å². The maximum atomic E-state index is 11.3. The third-order valence-corrected chi connectivity index (χ3v) is 3.90. The van der Waals surface area contributed by atoms with Crippen molar-refractivity contribution in [2.24, 2.45) is 4.99 Å². The van der Waals surface area contributed by atoms with E-state index in [4.69, 9.17) is 0 Å². The molecule has 0 bridgehead atoms. The topological polar surface area (TPSA) is 44.7 Å². The Hall–Kier alpha value is -0.710. The fourth-order valence-corrected chi connectivity index (χ4v) is 2.83. The molecule has 0 spiro atoms. The zero-order valence-electron chi connectivity index (χ0n) is 9.19. The number of amidine groups is 1. The van der Waals surface area contributed by atoms with E-state index in [1.807, 2.05) is 7.05 Å². The highest BCUT2D eigenvalue weighted by Crippen LogP contribution is 2.18. The van der Waals surface area contributed by atoms with Crippen LogP contribution < -0.4 is 5.32 Å². The van der Waals surface area contributed by atoms with Crippen LogP contribution in [0.25, 0.3) is 0 Å². The number of carbonyl (C=O) groups is 1. The molecule has 5 heteroatoms. The van der Waals surface area contributed by atoms with Gasteiger partial charge in [-0.15, -0.1) is 0 Å². The van der Waals surface area contributed by atoms with Gasteiger partial charge in [0.1, 0.15) is 0 Å². The first-order valence-corrected chi connectivity index (χ1v) is 6.35. The van der Waals surface area contributed by atoms with Crippen LogP contribution in [0.3, 0.4) is 0 Å². The summed E-state index contributed by atoms with van der Waals surface area (Å²) in [6, 6.07) is 0.810. The normalized spacial score (nSPS) is 34.7. The van der Waals surface area contributed by atoms with Crippen molar-refractivity contribution in [2.75, 3.05) is 19.3 Å². The summed E-state index contributed by atoms with van der Waals surface area (Å²) in [6.07, 6.45) is 1.53. The number of amides is 1. The third-order valence-electron chi connectivity index (χ3n) is 2.74. The van der Waals surface area contributed by atoms with E-state index < -0.39 is 0 Å². The van der Waals surface area contributed by atoms with Crippen LogP contribution in [0.15, 0.2) is 4.99 Å². The third kappa shape index (κ3) is 2.65. The lowest BCUT2D eigenvalue weighted by atomic mass is 10.1. The van der Waals surface area contributed by atoms with E-state index in [2.05, 4.69) is 17.2 Å². The highest BCUT2D eigenvalue weighted by Gasteiger charge is 2.24. The lowest BCUT2D eigenvalue weighted by Gasteiger charge is -2.27. The number of likely N-dealkylation sites (tertiary alicyclic amines) is 1. The molecule has 2 heterocycles. The molecule has 2 atom stereocenters. The van der Waals surface area contributed by atoms with E-state index in [0.29, 0.717) is 12.5 Å². The van der Waals surface area contributed by atoms with Crippen LogP contribution in [-0.4, -0.2) is 47.4 Å². The molecule has 1 N–H and O–H groups in total. The fourth-order valence-electron chi connectivity index (χ4n) is 1.83. The average molecular weight is 227 g/mol. The summed E-state index contributed by atoms with van der Waals surface area (Å²) in [6.45, 7) is 2.92. The number of nitrogens with zero attached hydrogens (tertiary/aromatic N) is 2. The lowest BCUT2D eigenvalue weighted by molar-refractivity contribution is -0.132. The van der Waals surface area contributed by atoms with Crippen molar-refractivity contribution < 1.29 is 4.79 Å². The lowest BCUT2D eigenvalue weighted by Crippen LogP contribution is -2.39. The second-order valence-corrected chi connectivity index (χ2v) is 5.27. The van der Waals surface area contributed by atoms with Crippen LogP contribution in [0.2, 0.25) is 0 Å². The molecule has 2 aliphatic heterocycles. The number of piperidine rings is 1. The Morgan fingerprint density at radius 1 is 1.60 bits per heavy atom. The van der Waals surface area contributed by atoms with Crippen molar-refractivity contribution in [2.45, 2.75) is 31.8 Å². The van der Waals surface area contributed by atoms with Crippen LogP contribution in [0.4, 0.5) is 0 Å². The monoisotopic (exact) mass is 227 g/mol. The summed E-state index contributed by atoms with van der Waals surface area (Å²) in [5.74, 6) is 1.34. The van der Waals surface area contributed by atoms with Crippen molar-refractivity contribution in [3.8, 4) is 0 Å². The number of carbonyl (C=O) groups excluding carboxylic acids is 1. The number of nitrogens with one attached hydrogen (secondary N) is 1. The summed E-state index contributed by atoms with van der Waals surface area (Å²) in [7, 11) is 1.85. The minimum atomic E-state index is 0.242. The molecule has 0 aromatic rings. The Morgan fingerprint density at radius 3 is 3.00 bits per heavy atom. The predicted molar refractivity (Wildman–Crippen MR) is 63.1 cm³/mol. The second kappa shape index (κ2) is 4.43. The summed E-state index contributed by atoms with van der Waals surface area (Å²) < 4.78 is 0. The van der Waals surface area contributed by atoms with E-state index in [0.717, 1.165) is 23.9 Å². The standard InChI is InChI=1S/C10H17N3OS/c1-7-6-15-10(11-7)12-8-3-4-9(14)13(2)5-8/h7-8H,3-6H2,1-2H3,(H,11,12). The van der Waals surface area contributed by atoms with Crippen molar-refractivity contribution in [3.05, 3.63) is 0 Å². The SMILES string of the molecule is CC1CSC(=NC2CCC(=O)N(C)C2)N1. The molecule has 0 saturated carbocycles. The van der Waals surface area contributed by atoms with Crippen molar-refractivity contribution >= 4 is 22.8 Å². The number of hydrogen-bond donors (Lipinski definition) is 1. The predicted octanol–water partition coefficient (Wildman–Crippen LogP) is 0.688. The molecule has 84 valence electrons. The first-order chi connectivity index (χ1) is 7.15. The van der Waals surface area contributed by atoms with Crippen LogP contribution in [0.5, 0.6) is 0 Å². The first-order valence-electron chi connectivity index (χ1n) is 5.36. The van der Waals surface area contributed by atoms with Crippen LogP contribution in [0.1, 0.15) is 19.8 Å². The zero-order chi connectivity index (χ0) is 10.8. The summed E-state index contributed by atoms with van der Waals surface area (Å²) in [5.41, 5.74) is 0. The molecule has 2 aliphatic rings. The van der Waals surface area contributed by atoms with E-state index in [1.54, 1.807) is 16.7 Å². The van der Waals surface area contributed by atoms with Crippen molar-refractivity contribution in [1.29, 1.82) is 0 Å². The molecule has 4 nitrogen and oxygen atoms in total. The number of aliphatic imine (C=N–C) groups is 1. The molecule has 2 rings (SSSR count). The second-order valence-electron chi connectivity index (χ2n) is 4.26. The molecule has 0 aromatic heterocycles. The van der Waals surface area contributed by atoms with Gasteiger partial charge < -0.3 is 10.2 Å². The highest BCUT2D eigenvalue weighted by atomic mass is 32.2. The molecule has 2 saturated heterocycles. The van der Waals surface area contributed by atoms with E-state index in [1.165, 1.54) is 0 Å². The van der Waals surface area contributed by atoms with Crippen molar-refractivity contribution in [1.82, 2.24) is 10.2 Å². The van der Waals surface area contributed by atoms with Gasteiger partial charge in [0, 0.05) is 31.8 Å². The van der Waals surface area contributed by atoms with Crippen LogP contribution >= 0.6 is 11.8 Å². The summed E-state index contributed by atoms with van der Waals surface area (Å²) >= 11 is 1.78. The molecule has 2 unspecified atom stereocenters. The van der Waals surface area contributed by atoms with Gasteiger partial charge in [-0.2, -0.15) is 0 Å². The van der Waals surface area contributed by atoms with Gasteiger partial charge in [-0.1, -0.05) is 11.8 Å². The minimum absolute atomic E-state index is 0.242.